The molecule has 2 nitrogen and oxygen atoms in total. The molecule has 0 atom stereocenters. The van der Waals surface area contributed by atoms with E-state index >= 15 is 0 Å². The van der Waals surface area contributed by atoms with Gasteiger partial charge in [0.2, 0.25) is 12.3 Å². The molecule has 1 amide bonds. The number of rotatable bonds is 6. The monoisotopic (exact) mass is 351 g/mol. The van der Waals surface area contributed by atoms with Gasteiger partial charge in [0.05, 0.1) is 5.92 Å². The number of nitrogens with one attached hydrogen (secondary N) is 1. The molecule has 0 spiro atoms. The largest absolute Gasteiger partial charge is 0.325 e. The van der Waals surface area contributed by atoms with Crippen molar-refractivity contribution in [2.24, 2.45) is 0 Å². The number of halogens is 2. The summed E-state index contributed by atoms with van der Waals surface area (Å²) < 4.78 is 25.6. The topological polar surface area (TPSA) is 29.1 Å². The lowest BCUT2D eigenvalue weighted by Gasteiger charge is -2.19. The SMILES string of the molecule is O=C(Nc1ccccc1CC(F)F)C(c1ccccc1)c1ccccc1. The molecule has 0 aliphatic carbocycles. The van der Waals surface area contributed by atoms with E-state index in [4.69, 9.17) is 0 Å². The Morgan fingerprint density at radius 2 is 1.27 bits per heavy atom. The van der Waals surface area contributed by atoms with Crippen LogP contribution in [-0.2, 0) is 11.2 Å². The van der Waals surface area contributed by atoms with E-state index in [1.807, 2.05) is 60.7 Å². The Labute approximate surface area is 151 Å². The molecule has 3 aromatic rings. The van der Waals surface area contributed by atoms with Crippen LogP contribution < -0.4 is 5.32 Å². The molecule has 0 saturated carbocycles. The Bertz CT molecular complexity index is 811. The molecule has 26 heavy (non-hydrogen) atoms. The van der Waals surface area contributed by atoms with E-state index in [1.165, 1.54) is 0 Å². The number of para-hydroxylation sites is 1. The van der Waals surface area contributed by atoms with Gasteiger partial charge in [0.25, 0.3) is 0 Å². The lowest BCUT2D eigenvalue weighted by atomic mass is 9.90. The average Bonchev–Trinajstić information content (AvgIpc) is 2.65. The van der Waals surface area contributed by atoms with Gasteiger partial charge in [-0.25, -0.2) is 8.78 Å². The van der Waals surface area contributed by atoms with E-state index in [1.54, 1.807) is 24.3 Å². The van der Waals surface area contributed by atoms with Gasteiger partial charge in [-0.1, -0.05) is 78.9 Å². The zero-order valence-electron chi connectivity index (χ0n) is 14.1. The molecule has 0 fully saturated rings. The fraction of sp³-hybridized carbons (Fsp3) is 0.136. The molecule has 0 radical (unpaired) electrons. The second-order valence-corrected chi connectivity index (χ2v) is 6.00. The number of carbonyl (C=O) groups is 1. The molecule has 1 N–H and O–H groups in total. The van der Waals surface area contributed by atoms with Crippen LogP contribution in [-0.4, -0.2) is 12.3 Å². The highest BCUT2D eigenvalue weighted by Crippen LogP contribution is 2.27. The number of carbonyl (C=O) groups excluding carboxylic acids is 1. The van der Waals surface area contributed by atoms with Crippen LogP contribution in [0.3, 0.4) is 0 Å². The first kappa shape index (κ1) is 17.8. The van der Waals surface area contributed by atoms with Gasteiger partial charge in [-0.15, -0.1) is 0 Å². The van der Waals surface area contributed by atoms with Gasteiger partial charge in [-0.3, -0.25) is 4.79 Å². The number of anilines is 1. The van der Waals surface area contributed by atoms with Gasteiger partial charge in [0.1, 0.15) is 0 Å². The lowest BCUT2D eigenvalue weighted by Crippen LogP contribution is -2.23. The van der Waals surface area contributed by atoms with E-state index in [-0.39, 0.29) is 5.91 Å². The summed E-state index contributed by atoms with van der Waals surface area (Å²) in [5.41, 5.74) is 2.55. The fourth-order valence-corrected chi connectivity index (χ4v) is 2.98. The first-order valence-electron chi connectivity index (χ1n) is 8.42. The first-order chi connectivity index (χ1) is 12.6. The van der Waals surface area contributed by atoms with Gasteiger partial charge in [0.15, 0.2) is 0 Å². The molecule has 132 valence electrons. The second-order valence-electron chi connectivity index (χ2n) is 6.00. The van der Waals surface area contributed by atoms with Crippen molar-refractivity contribution in [3.8, 4) is 0 Å². The molecule has 3 rings (SSSR count). The third-order valence-corrected chi connectivity index (χ3v) is 4.18. The number of hydrogen-bond donors (Lipinski definition) is 1. The summed E-state index contributed by atoms with van der Waals surface area (Å²) in [6.45, 7) is 0. The van der Waals surface area contributed by atoms with Crippen molar-refractivity contribution in [3.05, 3.63) is 102 Å². The molecule has 0 bridgehead atoms. The van der Waals surface area contributed by atoms with Crippen LogP contribution >= 0.6 is 0 Å². The van der Waals surface area contributed by atoms with E-state index in [0.29, 0.717) is 11.3 Å². The zero-order chi connectivity index (χ0) is 18.4. The molecule has 4 heteroatoms. The van der Waals surface area contributed by atoms with Gasteiger partial charge in [-0.05, 0) is 22.8 Å². The number of hydrogen-bond acceptors (Lipinski definition) is 1. The van der Waals surface area contributed by atoms with Crippen molar-refractivity contribution in [3.63, 3.8) is 0 Å². The van der Waals surface area contributed by atoms with Crippen LogP contribution in [0.4, 0.5) is 14.5 Å². The normalized spacial score (nSPS) is 10.9. The highest BCUT2D eigenvalue weighted by molar-refractivity contribution is 5.98. The minimum absolute atomic E-state index is 0.246. The molecule has 0 heterocycles. The van der Waals surface area contributed by atoms with E-state index in [0.717, 1.165) is 11.1 Å². The number of benzene rings is 3. The maximum atomic E-state index is 13.1. The Hall–Kier alpha value is -3.01. The molecule has 0 aliphatic rings. The van der Waals surface area contributed by atoms with Crippen molar-refractivity contribution < 1.29 is 13.6 Å². The summed E-state index contributed by atoms with van der Waals surface area (Å²) in [4.78, 5) is 13.1. The molecule has 3 aromatic carbocycles. The van der Waals surface area contributed by atoms with E-state index in [9.17, 15) is 13.6 Å². The van der Waals surface area contributed by atoms with Crippen LogP contribution in [0.1, 0.15) is 22.6 Å². The zero-order valence-corrected chi connectivity index (χ0v) is 14.1. The Balaban J connectivity index is 1.92. The van der Waals surface area contributed by atoms with Crippen molar-refractivity contribution in [2.45, 2.75) is 18.8 Å². The smallest absolute Gasteiger partial charge is 0.242 e. The van der Waals surface area contributed by atoms with E-state index in [2.05, 4.69) is 5.32 Å². The van der Waals surface area contributed by atoms with Gasteiger partial charge >= 0.3 is 0 Å². The van der Waals surface area contributed by atoms with Crippen molar-refractivity contribution in [1.82, 2.24) is 0 Å². The van der Waals surface area contributed by atoms with Crippen LogP contribution in [0.5, 0.6) is 0 Å². The molecular weight excluding hydrogens is 332 g/mol. The quantitative estimate of drug-likeness (QED) is 0.644. The minimum atomic E-state index is -2.47. The fourth-order valence-electron chi connectivity index (χ4n) is 2.98. The molecular formula is C22H19F2NO. The van der Waals surface area contributed by atoms with Crippen LogP contribution in [0.25, 0.3) is 0 Å². The van der Waals surface area contributed by atoms with Crippen molar-refractivity contribution in [1.29, 1.82) is 0 Å². The molecule has 0 unspecified atom stereocenters. The third kappa shape index (κ3) is 4.33. The lowest BCUT2D eigenvalue weighted by molar-refractivity contribution is -0.116. The van der Waals surface area contributed by atoms with E-state index < -0.39 is 18.8 Å². The predicted octanol–water partition coefficient (Wildman–Crippen LogP) is 5.26. The summed E-state index contributed by atoms with van der Waals surface area (Å²) in [5, 5.41) is 2.84. The second kappa shape index (κ2) is 8.39. The molecule has 0 saturated heterocycles. The minimum Gasteiger partial charge on any atom is -0.325 e. The Morgan fingerprint density at radius 3 is 1.81 bits per heavy atom. The molecule has 0 aliphatic heterocycles. The average molecular weight is 351 g/mol. The molecule has 0 aromatic heterocycles. The summed E-state index contributed by atoms with van der Waals surface area (Å²) in [6, 6.07) is 25.5. The van der Waals surface area contributed by atoms with Gasteiger partial charge in [0, 0.05) is 12.1 Å². The predicted molar refractivity (Wildman–Crippen MR) is 99.5 cm³/mol. The Morgan fingerprint density at radius 1 is 0.769 bits per heavy atom. The maximum absolute atomic E-state index is 13.1. The van der Waals surface area contributed by atoms with Crippen LogP contribution in [0.15, 0.2) is 84.9 Å². The Kier molecular flexibility index (Phi) is 5.74. The van der Waals surface area contributed by atoms with Crippen molar-refractivity contribution >= 4 is 11.6 Å². The summed E-state index contributed by atoms with van der Waals surface area (Å²) in [7, 11) is 0. The van der Waals surface area contributed by atoms with Gasteiger partial charge in [-0.2, -0.15) is 0 Å². The summed E-state index contributed by atoms with van der Waals surface area (Å²) in [5.74, 6) is -0.763. The number of alkyl halides is 2. The third-order valence-electron chi connectivity index (χ3n) is 4.18. The summed E-state index contributed by atoms with van der Waals surface area (Å²) in [6.07, 6.45) is -2.86. The highest BCUT2D eigenvalue weighted by atomic mass is 19.3. The van der Waals surface area contributed by atoms with Crippen LogP contribution in [0, 0.1) is 0 Å². The highest BCUT2D eigenvalue weighted by Gasteiger charge is 2.23. The standard InChI is InChI=1S/C22H19F2NO/c23-20(24)15-18-13-7-8-14-19(18)25-22(26)21(16-9-3-1-4-10-16)17-11-5-2-6-12-17/h1-14,20-21H,15H2,(H,25,26). The summed E-state index contributed by atoms with van der Waals surface area (Å²) >= 11 is 0. The number of amides is 1. The van der Waals surface area contributed by atoms with Crippen molar-refractivity contribution in [2.75, 3.05) is 5.32 Å². The van der Waals surface area contributed by atoms with Crippen LogP contribution in [0.2, 0.25) is 0 Å². The van der Waals surface area contributed by atoms with Gasteiger partial charge < -0.3 is 5.32 Å². The maximum Gasteiger partial charge on any atom is 0.242 e. The first-order valence-corrected chi connectivity index (χ1v) is 8.42.